The Kier molecular flexibility index (Phi) is 6.78. The van der Waals surface area contributed by atoms with Crippen molar-refractivity contribution >= 4 is 17.6 Å². The molecule has 2 aromatic carbocycles. The normalized spacial score (nSPS) is 10.5. The summed E-state index contributed by atoms with van der Waals surface area (Å²) in [4.78, 5) is 26.0. The van der Waals surface area contributed by atoms with Crippen LogP contribution in [-0.2, 0) is 6.54 Å². The first-order chi connectivity index (χ1) is 12.4. The molecule has 2 N–H and O–H groups in total. The Morgan fingerprint density at radius 3 is 2.31 bits per heavy atom. The molecule has 0 saturated heterocycles. The number of aryl methyl sites for hydroxylation is 1. The maximum atomic E-state index is 12.4. The zero-order valence-electron chi connectivity index (χ0n) is 15.9. The molecule has 0 bridgehead atoms. The van der Waals surface area contributed by atoms with Gasteiger partial charge in [0.15, 0.2) is 0 Å². The second-order valence-corrected chi connectivity index (χ2v) is 6.89. The van der Waals surface area contributed by atoms with E-state index >= 15 is 0 Å². The Hall–Kier alpha value is -2.82. The second kappa shape index (κ2) is 9.04. The van der Waals surface area contributed by atoms with Crippen LogP contribution in [0.15, 0.2) is 48.5 Å². The topological polar surface area (TPSA) is 61.4 Å². The van der Waals surface area contributed by atoms with E-state index in [0.29, 0.717) is 30.3 Å². The van der Waals surface area contributed by atoms with Crippen molar-refractivity contribution in [2.75, 3.05) is 18.9 Å². The summed E-state index contributed by atoms with van der Waals surface area (Å²) in [5, 5.41) is 5.73. The highest BCUT2D eigenvalue weighted by Crippen LogP contribution is 2.13. The van der Waals surface area contributed by atoms with Gasteiger partial charge in [0.25, 0.3) is 5.91 Å². The van der Waals surface area contributed by atoms with Gasteiger partial charge in [0.2, 0.25) is 0 Å². The molecule has 0 aliphatic rings. The summed E-state index contributed by atoms with van der Waals surface area (Å²) in [7, 11) is 1.76. The van der Waals surface area contributed by atoms with Crippen molar-refractivity contribution in [1.29, 1.82) is 0 Å². The van der Waals surface area contributed by atoms with Crippen LogP contribution in [0.3, 0.4) is 0 Å². The quantitative estimate of drug-likeness (QED) is 0.823. The maximum Gasteiger partial charge on any atom is 0.321 e. The summed E-state index contributed by atoms with van der Waals surface area (Å²) in [6.45, 7) is 7.30. The Balaban J connectivity index is 1.92. The zero-order chi connectivity index (χ0) is 19.1. The first-order valence-electron chi connectivity index (χ1n) is 8.81. The number of nitrogens with zero attached hydrogens (tertiary/aromatic N) is 1. The minimum absolute atomic E-state index is 0.103. The Bertz CT molecular complexity index is 754. The van der Waals surface area contributed by atoms with Gasteiger partial charge >= 0.3 is 6.03 Å². The molecule has 0 aliphatic carbocycles. The Morgan fingerprint density at radius 2 is 1.69 bits per heavy atom. The van der Waals surface area contributed by atoms with E-state index in [0.717, 1.165) is 11.1 Å². The predicted octanol–water partition coefficient (Wildman–Crippen LogP) is 4.04. The third kappa shape index (κ3) is 5.62. The van der Waals surface area contributed by atoms with E-state index in [9.17, 15) is 9.59 Å². The molecule has 0 heterocycles. The number of benzene rings is 2. The average Bonchev–Trinajstić information content (AvgIpc) is 2.62. The highest BCUT2D eigenvalue weighted by molar-refractivity contribution is 5.95. The van der Waals surface area contributed by atoms with Crippen LogP contribution in [0.4, 0.5) is 10.5 Å². The number of carbonyl (C=O) groups excluding carboxylic acids is 2. The number of carbonyl (C=O) groups is 2. The molecular formula is C21H27N3O2. The monoisotopic (exact) mass is 353 g/mol. The molecule has 3 amide bonds. The average molecular weight is 353 g/mol. The molecule has 0 saturated carbocycles. The van der Waals surface area contributed by atoms with Crippen LogP contribution in [0.1, 0.15) is 35.3 Å². The lowest BCUT2D eigenvalue weighted by Crippen LogP contribution is -2.31. The first kappa shape index (κ1) is 19.5. The summed E-state index contributed by atoms with van der Waals surface area (Å²) < 4.78 is 0. The summed E-state index contributed by atoms with van der Waals surface area (Å²) in [5.41, 5.74) is 3.51. The molecule has 0 fully saturated rings. The molecule has 2 aromatic rings. The van der Waals surface area contributed by atoms with Crippen molar-refractivity contribution in [2.24, 2.45) is 5.92 Å². The van der Waals surface area contributed by atoms with Crippen molar-refractivity contribution in [1.82, 2.24) is 10.2 Å². The summed E-state index contributed by atoms with van der Waals surface area (Å²) in [5.74, 6) is 0.301. The number of hydrogen-bond donors (Lipinski definition) is 2. The highest BCUT2D eigenvalue weighted by atomic mass is 16.2. The van der Waals surface area contributed by atoms with E-state index in [1.807, 2.05) is 45.0 Å². The molecule has 0 aliphatic heterocycles. The molecular weight excluding hydrogens is 326 g/mol. The van der Waals surface area contributed by atoms with Crippen molar-refractivity contribution in [2.45, 2.75) is 27.3 Å². The molecule has 0 atom stereocenters. The summed E-state index contributed by atoms with van der Waals surface area (Å²) >= 11 is 0. The highest BCUT2D eigenvalue weighted by Gasteiger charge is 2.11. The van der Waals surface area contributed by atoms with Crippen LogP contribution in [0, 0.1) is 12.8 Å². The van der Waals surface area contributed by atoms with Crippen LogP contribution >= 0.6 is 0 Å². The van der Waals surface area contributed by atoms with E-state index in [1.54, 1.807) is 36.2 Å². The fraction of sp³-hybridized carbons (Fsp3) is 0.333. The lowest BCUT2D eigenvalue weighted by molar-refractivity contribution is 0.0949. The molecule has 138 valence electrons. The molecule has 0 spiro atoms. The smallest absolute Gasteiger partial charge is 0.321 e. The standard InChI is InChI=1S/C21H27N3O2/c1-15(2)13-22-20(25)17-9-11-19(12-10-17)23-21(26)24(4)14-18-8-6-5-7-16(18)3/h5-12,15H,13-14H2,1-4H3,(H,22,25)(H,23,26). The molecule has 2 rings (SSSR count). The molecule has 26 heavy (non-hydrogen) atoms. The van der Waals surface area contributed by atoms with E-state index in [-0.39, 0.29) is 11.9 Å². The number of amides is 3. The van der Waals surface area contributed by atoms with E-state index < -0.39 is 0 Å². The van der Waals surface area contributed by atoms with Gasteiger partial charge in [-0.3, -0.25) is 4.79 Å². The van der Waals surface area contributed by atoms with Crippen LogP contribution in [0.2, 0.25) is 0 Å². The summed E-state index contributed by atoms with van der Waals surface area (Å²) in [6, 6.07) is 14.7. The number of hydrogen-bond acceptors (Lipinski definition) is 2. The minimum atomic E-state index is -0.190. The number of anilines is 1. The van der Waals surface area contributed by atoms with Gasteiger partial charge in [-0.25, -0.2) is 4.79 Å². The third-order valence-electron chi connectivity index (χ3n) is 4.08. The molecule has 5 heteroatoms. The first-order valence-corrected chi connectivity index (χ1v) is 8.81. The lowest BCUT2D eigenvalue weighted by atomic mass is 10.1. The number of urea groups is 1. The van der Waals surface area contributed by atoms with Crippen molar-refractivity contribution in [3.05, 3.63) is 65.2 Å². The summed E-state index contributed by atoms with van der Waals surface area (Å²) in [6.07, 6.45) is 0. The van der Waals surface area contributed by atoms with Crippen molar-refractivity contribution in [3.63, 3.8) is 0 Å². The van der Waals surface area contributed by atoms with Crippen molar-refractivity contribution in [3.8, 4) is 0 Å². The number of rotatable bonds is 6. The van der Waals surface area contributed by atoms with Crippen LogP contribution < -0.4 is 10.6 Å². The Morgan fingerprint density at radius 1 is 1.04 bits per heavy atom. The van der Waals surface area contributed by atoms with Gasteiger partial charge in [-0.15, -0.1) is 0 Å². The van der Waals surface area contributed by atoms with Gasteiger partial charge in [-0.2, -0.15) is 0 Å². The largest absolute Gasteiger partial charge is 0.352 e. The van der Waals surface area contributed by atoms with E-state index in [2.05, 4.69) is 10.6 Å². The zero-order valence-corrected chi connectivity index (χ0v) is 15.9. The SMILES string of the molecule is Cc1ccccc1CN(C)C(=O)Nc1ccc(C(=O)NCC(C)C)cc1. The number of nitrogens with one attached hydrogen (secondary N) is 2. The van der Waals surface area contributed by atoms with Gasteiger partial charge in [0.05, 0.1) is 0 Å². The fourth-order valence-corrected chi connectivity index (χ4v) is 2.44. The Labute approximate surface area is 155 Å². The molecule has 0 aromatic heterocycles. The molecule has 5 nitrogen and oxygen atoms in total. The van der Waals surface area contributed by atoms with Gasteiger partial charge in [0, 0.05) is 31.4 Å². The second-order valence-electron chi connectivity index (χ2n) is 6.89. The maximum absolute atomic E-state index is 12.4. The van der Waals surface area contributed by atoms with Crippen molar-refractivity contribution < 1.29 is 9.59 Å². The van der Waals surface area contributed by atoms with Gasteiger partial charge < -0.3 is 15.5 Å². The van der Waals surface area contributed by atoms with Gasteiger partial charge in [-0.1, -0.05) is 38.1 Å². The molecule has 0 unspecified atom stereocenters. The van der Waals surface area contributed by atoms with E-state index in [4.69, 9.17) is 0 Å². The van der Waals surface area contributed by atoms with E-state index in [1.165, 1.54) is 0 Å². The lowest BCUT2D eigenvalue weighted by Gasteiger charge is -2.19. The predicted molar refractivity (Wildman–Crippen MR) is 105 cm³/mol. The van der Waals surface area contributed by atoms with Crippen LogP contribution in [0.25, 0.3) is 0 Å². The third-order valence-corrected chi connectivity index (χ3v) is 4.08. The minimum Gasteiger partial charge on any atom is -0.352 e. The van der Waals surface area contributed by atoms with Crippen LogP contribution in [0.5, 0.6) is 0 Å². The fourth-order valence-electron chi connectivity index (χ4n) is 2.44. The van der Waals surface area contributed by atoms with Gasteiger partial charge in [0.1, 0.15) is 0 Å². The van der Waals surface area contributed by atoms with Crippen LogP contribution in [-0.4, -0.2) is 30.4 Å². The van der Waals surface area contributed by atoms with Gasteiger partial charge in [-0.05, 0) is 48.2 Å². The molecule has 0 radical (unpaired) electrons.